The van der Waals surface area contributed by atoms with Crippen LogP contribution in [0.25, 0.3) is 22.4 Å². The number of carbonyl (C=O) groups is 2. The minimum Gasteiger partial charge on any atom is -0.326 e. The minimum atomic E-state index is -0.164. The maximum absolute atomic E-state index is 12.3. The van der Waals surface area contributed by atoms with Crippen molar-refractivity contribution in [2.24, 2.45) is 0 Å². The highest BCUT2D eigenvalue weighted by Gasteiger charge is 2.07. The molecule has 0 aliphatic heterocycles. The van der Waals surface area contributed by atoms with Crippen LogP contribution in [0.2, 0.25) is 0 Å². The lowest BCUT2D eigenvalue weighted by Crippen LogP contribution is -2.14. The summed E-state index contributed by atoms with van der Waals surface area (Å²) in [6.45, 7) is 1.44. The van der Waals surface area contributed by atoms with Crippen molar-refractivity contribution in [3.05, 3.63) is 91.0 Å². The van der Waals surface area contributed by atoms with Crippen molar-refractivity contribution in [2.45, 2.75) is 11.9 Å². The number of benzene rings is 3. The second-order valence-electron chi connectivity index (χ2n) is 7.30. The molecular formula is C26H22N4O2S. The molecule has 0 saturated heterocycles. The lowest BCUT2D eigenvalue weighted by molar-refractivity contribution is -0.114. The SMILES string of the molecule is CC(=O)Nc1cccc(NC(=O)CSc2ccc(-c3ccc(-c4ccccc4)cc3)nn2)c1. The summed E-state index contributed by atoms with van der Waals surface area (Å²) in [4.78, 5) is 23.5. The van der Waals surface area contributed by atoms with Crippen molar-refractivity contribution < 1.29 is 9.59 Å². The highest BCUT2D eigenvalue weighted by molar-refractivity contribution is 7.99. The number of anilines is 2. The average molecular weight is 455 g/mol. The number of rotatable bonds is 7. The molecular weight excluding hydrogens is 432 g/mol. The first-order valence-corrected chi connectivity index (χ1v) is 11.4. The molecule has 0 atom stereocenters. The number of thioether (sulfide) groups is 1. The Hall–Kier alpha value is -3.97. The van der Waals surface area contributed by atoms with Gasteiger partial charge in [-0.3, -0.25) is 9.59 Å². The second kappa shape index (κ2) is 10.6. The Balaban J connectivity index is 1.32. The van der Waals surface area contributed by atoms with Crippen molar-refractivity contribution in [1.29, 1.82) is 0 Å². The van der Waals surface area contributed by atoms with Gasteiger partial charge in [-0.25, -0.2) is 0 Å². The average Bonchev–Trinajstić information content (AvgIpc) is 2.84. The Kier molecular flexibility index (Phi) is 7.12. The van der Waals surface area contributed by atoms with Gasteiger partial charge in [-0.15, -0.1) is 10.2 Å². The minimum absolute atomic E-state index is 0.164. The molecule has 0 aliphatic rings. The first kappa shape index (κ1) is 22.2. The number of amides is 2. The summed E-state index contributed by atoms with van der Waals surface area (Å²) in [5.41, 5.74) is 5.32. The number of hydrogen-bond donors (Lipinski definition) is 2. The smallest absolute Gasteiger partial charge is 0.234 e. The molecule has 164 valence electrons. The lowest BCUT2D eigenvalue weighted by Gasteiger charge is -2.08. The Morgan fingerprint density at radius 1 is 0.727 bits per heavy atom. The molecule has 2 N–H and O–H groups in total. The van der Waals surface area contributed by atoms with Gasteiger partial charge in [0.1, 0.15) is 5.03 Å². The van der Waals surface area contributed by atoms with Gasteiger partial charge in [0.2, 0.25) is 11.8 Å². The van der Waals surface area contributed by atoms with E-state index >= 15 is 0 Å². The lowest BCUT2D eigenvalue weighted by atomic mass is 10.0. The van der Waals surface area contributed by atoms with E-state index in [2.05, 4.69) is 45.1 Å². The number of carbonyl (C=O) groups excluding carboxylic acids is 2. The molecule has 4 aromatic rings. The number of nitrogens with zero attached hydrogens (tertiary/aromatic N) is 2. The van der Waals surface area contributed by atoms with Crippen LogP contribution in [0.5, 0.6) is 0 Å². The molecule has 1 aromatic heterocycles. The topological polar surface area (TPSA) is 84.0 Å². The molecule has 0 spiro atoms. The summed E-state index contributed by atoms with van der Waals surface area (Å²) in [6.07, 6.45) is 0. The quantitative estimate of drug-likeness (QED) is 0.360. The van der Waals surface area contributed by atoms with Crippen LogP contribution < -0.4 is 10.6 Å². The van der Waals surface area contributed by atoms with E-state index in [4.69, 9.17) is 0 Å². The first-order chi connectivity index (χ1) is 16.1. The summed E-state index contributed by atoms with van der Waals surface area (Å²) in [5.74, 6) is -0.130. The molecule has 33 heavy (non-hydrogen) atoms. The summed E-state index contributed by atoms with van der Waals surface area (Å²) in [6, 6.07) is 29.2. The second-order valence-corrected chi connectivity index (χ2v) is 8.29. The zero-order valence-corrected chi connectivity index (χ0v) is 18.8. The maximum atomic E-state index is 12.3. The van der Waals surface area contributed by atoms with E-state index in [1.165, 1.54) is 24.2 Å². The van der Waals surface area contributed by atoms with Crippen molar-refractivity contribution in [3.63, 3.8) is 0 Å². The van der Waals surface area contributed by atoms with Gasteiger partial charge in [0.15, 0.2) is 0 Å². The highest BCUT2D eigenvalue weighted by atomic mass is 32.2. The van der Waals surface area contributed by atoms with Crippen molar-refractivity contribution in [1.82, 2.24) is 10.2 Å². The van der Waals surface area contributed by atoms with Crippen molar-refractivity contribution >= 4 is 35.0 Å². The predicted octanol–water partition coefficient (Wildman–Crippen LogP) is 5.50. The normalized spacial score (nSPS) is 10.5. The van der Waals surface area contributed by atoms with Crippen LogP contribution in [0.1, 0.15) is 6.92 Å². The van der Waals surface area contributed by atoms with Gasteiger partial charge in [0.05, 0.1) is 11.4 Å². The monoisotopic (exact) mass is 454 g/mol. The fraction of sp³-hybridized carbons (Fsp3) is 0.0769. The van der Waals surface area contributed by atoms with Gasteiger partial charge in [-0.05, 0) is 41.5 Å². The zero-order valence-electron chi connectivity index (χ0n) is 18.0. The number of aromatic nitrogens is 2. The van der Waals surface area contributed by atoms with Crippen molar-refractivity contribution in [3.8, 4) is 22.4 Å². The highest BCUT2D eigenvalue weighted by Crippen LogP contribution is 2.24. The van der Waals surface area contributed by atoms with E-state index in [0.29, 0.717) is 16.4 Å². The summed E-state index contributed by atoms with van der Waals surface area (Å²) in [7, 11) is 0. The van der Waals surface area contributed by atoms with Gasteiger partial charge in [-0.2, -0.15) is 0 Å². The van der Waals surface area contributed by atoms with Crippen LogP contribution in [0.15, 0.2) is 96.0 Å². The predicted molar refractivity (Wildman–Crippen MR) is 133 cm³/mol. The number of nitrogens with one attached hydrogen (secondary N) is 2. The largest absolute Gasteiger partial charge is 0.326 e. The van der Waals surface area contributed by atoms with Gasteiger partial charge < -0.3 is 10.6 Å². The Morgan fingerprint density at radius 2 is 1.39 bits per heavy atom. The first-order valence-electron chi connectivity index (χ1n) is 10.4. The molecule has 0 bridgehead atoms. The molecule has 0 unspecified atom stereocenters. The molecule has 0 saturated carbocycles. The molecule has 0 radical (unpaired) electrons. The molecule has 6 nitrogen and oxygen atoms in total. The van der Waals surface area contributed by atoms with Gasteiger partial charge >= 0.3 is 0 Å². The molecule has 0 aliphatic carbocycles. The van der Waals surface area contributed by atoms with E-state index < -0.39 is 0 Å². The van der Waals surface area contributed by atoms with Crippen LogP contribution in [-0.4, -0.2) is 27.8 Å². The fourth-order valence-corrected chi connectivity index (χ4v) is 3.84. The Morgan fingerprint density at radius 3 is 2.06 bits per heavy atom. The third-order valence-corrected chi connectivity index (χ3v) is 5.67. The van der Waals surface area contributed by atoms with E-state index in [-0.39, 0.29) is 17.6 Å². The fourth-order valence-electron chi connectivity index (χ4n) is 3.23. The Labute approximate surface area is 196 Å². The van der Waals surface area contributed by atoms with Crippen LogP contribution in [0.3, 0.4) is 0 Å². The van der Waals surface area contributed by atoms with Crippen LogP contribution in [-0.2, 0) is 9.59 Å². The van der Waals surface area contributed by atoms with Crippen LogP contribution in [0.4, 0.5) is 11.4 Å². The zero-order chi connectivity index (χ0) is 23.0. The molecule has 2 amide bonds. The maximum Gasteiger partial charge on any atom is 0.234 e. The van der Waals surface area contributed by atoms with E-state index in [0.717, 1.165) is 16.8 Å². The number of hydrogen-bond acceptors (Lipinski definition) is 5. The van der Waals surface area contributed by atoms with Gasteiger partial charge in [0, 0.05) is 23.9 Å². The molecule has 7 heteroatoms. The molecule has 0 fully saturated rings. The summed E-state index contributed by atoms with van der Waals surface area (Å²) < 4.78 is 0. The molecule has 3 aromatic carbocycles. The molecule has 4 rings (SSSR count). The van der Waals surface area contributed by atoms with Crippen molar-refractivity contribution in [2.75, 3.05) is 16.4 Å². The summed E-state index contributed by atoms with van der Waals surface area (Å²) in [5, 5.41) is 14.7. The van der Waals surface area contributed by atoms with E-state index in [1.807, 2.05) is 42.5 Å². The third kappa shape index (κ3) is 6.27. The Bertz CT molecular complexity index is 1240. The van der Waals surface area contributed by atoms with Gasteiger partial charge in [-0.1, -0.05) is 72.4 Å². The third-order valence-electron chi connectivity index (χ3n) is 4.75. The van der Waals surface area contributed by atoms with E-state index in [1.54, 1.807) is 24.3 Å². The standard InChI is InChI=1S/C26H22N4O2S/c1-18(31)27-22-8-5-9-23(16-22)28-25(32)17-33-26-15-14-24(29-30-26)21-12-10-20(11-13-21)19-6-3-2-4-7-19/h2-16H,17H2,1H3,(H,27,31)(H,28,32). The van der Waals surface area contributed by atoms with Gasteiger partial charge in [0.25, 0.3) is 0 Å². The summed E-state index contributed by atoms with van der Waals surface area (Å²) >= 11 is 1.31. The molecule has 1 heterocycles. The van der Waals surface area contributed by atoms with Crippen LogP contribution in [0, 0.1) is 0 Å². The van der Waals surface area contributed by atoms with E-state index in [9.17, 15) is 9.59 Å². The van der Waals surface area contributed by atoms with Crippen LogP contribution >= 0.6 is 11.8 Å².